The molecule has 0 unspecified atom stereocenters. The molecule has 0 aliphatic heterocycles. The maximum Gasteiger partial charge on any atom is 0.339 e. The molecule has 1 aliphatic rings. The fourth-order valence-electron chi connectivity index (χ4n) is 2.15. The van der Waals surface area contributed by atoms with E-state index in [2.05, 4.69) is 10.3 Å². The van der Waals surface area contributed by atoms with Gasteiger partial charge < -0.3 is 10.1 Å². The molecule has 92 valence electrons. The number of carbonyl (C=O) groups excluding carboxylic acids is 1. The Labute approximate surface area is 101 Å². The minimum absolute atomic E-state index is 0.310. The number of ether oxygens (including phenoxy) is 1. The van der Waals surface area contributed by atoms with E-state index in [1.165, 1.54) is 31.9 Å². The second kappa shape index (κ2) is 5.66. The number of carbonyl (C=O) groups is 1. The van der Waals surface area contributed by atoms with Crippen LogP contribution >= 0.6 is 0 Å². The normalized spacial score (nSPS) is 15.8. The number of nitrogens with zero attached hydrogens (tertiary/aromatic N) is 1. The van der Waals surface area contributed by atoms with Gasteiger partial charge in [0, 0.05) is 18.4 Å². The Morgan fingerprint density at radius 1 is 1.47 bits per heavy atom. The minimum atomic E-state index is -0.310. The van der Waals surface area contributed by atoms with E-state index in [0.29, 0.717) is 18.2 Å². The predicted octanol–water partition coefficient (Wildman–Crippen LogP) is 2.61. The molecule has 0 spiro atoms. The van der Waals surface area contributed by atoms with Crippen molar-refractivity contribution in [3.8, 4) is 0 Å². The molecule has 1 aromatic heterocycles. The lowest BCUT2D eigenvalue weighted by Crippen LogP contribution is -2.15. The van der Waals surface area contributed by atoms with E-state index in [0.717, 1.165) is 5.69 Å². The summed E-state index contributed by atoms with van der Waals surface area (Å²) < 4.78 is 4.95. The lowest BCUT2D eigenvalue weighted by Gasteiger charge is -2.13. The van der Waals surface area contributed by atoms with Crippen LogP contribution in [0.15, 0.2) is 18.5 Å². The standard InChI is InChI=1S/C13H18N2O2/c1-2-17-13(16)10-7-12(9-14-8-10)15-11-5-3-4-6-11/h7-9,11,15H,2-6H2,1H3. The lowest BCUT2D eigenvalue weighted by atomic mass is 10.2. The first-order chi connectivity index (χ1) is 8.29. The molecule has 4 heteroatoms. The zero-order chi connectivity index (χ0) is 12.1. The van der Waals surface area contributed by atoms with Gasteiger partial charge in [0.1, 0.15) is 0 Å². The van der Waals surface area contributed by atoms with Crippen LogP contribution in [0.1, 0.15) is 43.0 Å². The van der Waals surface area contributed by atoms with Gasteiger partial charge in [0.15, 0.2) is 0 Å². The van der Waals surface area contributed by atoms with Crippen LogP contribution in [0.5, 0.6) is 0 Å². The molecule has 17 heavy (non-hydrogen) atoms. The van der Waals surface area contributed by atoms with Crippen LogP contribution in [0.3, 0.4) is 0 Å². The molecule has 0 bridgehead atoms. The fraction of sp³-hybridized carbons (Fsp3) is 0.538. The average molecular weight is 234 g/mol. The first-order valence-corrected chi connectivity index (χ1v) is 6.18. The van der Waals surface area contributed by atoms with E-state index in [1.807, 2.05) is 6.07 Å². The highest BCUT2D eigenvalue weighted by Crippen LogP contribution is 2.22. The van der Waals surface area contributed by atoms with Gasteiger partial charge in [-0.3, -0.25) is 4.98 Å². The molecule has 0 aromatic carbocycles. The van der Waals surface area contributed by atoms with Crippen LogP contribution in [0.2, 0.25) is 0 Å². The molecule has 0 atom stereocenters. The summed E-state index contributed by atoms with van der Waals surface area (Å²) in [6, 6.07) is 2.33. The molecule has 0 saturated heterocycles. The highest BCUT2D eigenvalue weighted by molar-refractivity contribution is 5.90. The predicted molar refractivity (Wildman–Crippen MR) is 66.1 cm³/mol. The van der Waals surface area contributed by atoms with Crippen molar-refractivity contribution < 1.29 is 9.53 Å². The first-order valence-electron chi connectivity index (χ1n) is 6.18. The van der Waals surface area contributed by atoms with Gasteiger partial charge in [0.05, 0.1) is 17.9 Å². The van der Waals surface area contributed by atoms with E-state index in [9.17, 15) is 4.79 Å². The number of aromatic nitrogens is 1. The van der Waals surface area contributed by atoms with E-state index in [4.69, 9.17) is 4.74 Å². The molecule has 1 aliphatic carbocycles. The van der Waals surface area contributed by atoms with Crippen molar-refractivity contribution in [2.75, 3.05) is 11.9 Å². The van der Waals surface area contributed by atoms with Gasteiger partial charge in [0.25, 0.3) is 0 Å². The average Bonchev–Trinajstić information content (AvgIpc) is 2.82. The molecule has 1 N–H and O–H groups in total. The van der Waals surface area contributed by atoms with Crippen molar-refractivity contribution in [2.24, 2.45) is 0 Å². The third-order valence-electron chi connectivity index (χ3n) is 2.98. The Bertz CT molecular complexity index is 387. The van der Waals surface area contributed by atoms with Crippen molar-refractivity contribution >= 4 is 11.7 Å². The second-order valence-corrected chi connectivity index (χ2v) is 4.31. The molecular formula is C13H18N2O2. The summed E-state index contributed by atoms with van der Waals surface area (Å²) in [6.07, 6.45) is 8.25. The maximum atomic E-state index is 11.5. The van der Waals surface area contributed by atoms with Gasteiger partial charge in [-0.15, -0.1) is 0 Å². The quantitative estimate of drug-likeness (QED) is 0.814. The molecule has 4 nitrogen and oxygen atoms in total. The summed E-state index contributed by atoms with van der Waals surface area (Å²) in [7, 11) is 0. The van der Waals surface area contributed by atoms with Crippen LogP contribution < -0.4 is 5.32 Å². The van der Waals surface area contributed by atoms with E-state index >= 15 is 0 Å². The van der Waals surface area contributed by atoms with E-state index < -0.39 is 0 Å². The van der Waals surface area contributed by atoms with Gasteiger partial charge in [-0.2, -0.15) is 0 Å². The van der Waals surface area contributed by atoms with E-state index in [1.54, 1.807) is 13.1 Å². The van der Waals surface area contributed by atoms with Crippen molar-refractivity contribution in [3.05, 3.63) is 24.0 Å². The smallest absolute Gasteiger partial charge is 0.339 e. The molecule has 0 amide bonds. The molecule has 1 fully saturated rings. The van der Waals surface area contributed by atoms with Gasteiger partial charge in [-0.05, 0) is 25.8 Å². The van der Waals surface area contributed by atoms with Crippen molar-refractivity contribution in [1.29, 1.82) is 0 Å². The Kier molecular flexibility index (Phi) is 3.96. The van der Waals surface area contributed by atoms with Crippen LogP contribution in [0.25, 0.3) is 0 Å². The lowest BCUT2D eigenvalue weighted by molar-refractivity contribution is 0.0526. The number of esters is 1. The van der Waals surface area contributed by atoms with Gasteiger partial charge in [0.2, 0.25) is 0 Å². The van der Waals surface area contributed by atoms with Crippen molar-refractivity contribution in [1.82, 2.24) is 4.98 Å². The molecule has 2 rings (SSSR count). The van der Waals surface area contributed by atoms with Crippen molar-refractivity contribution in [2.45, 2.75) is 38.6 Å². The van der Waals surface area contributed by atoms with E-state index in [-0.39, 0.29) is 5.97 Å². The summed E-state index contributed by atoms with van der Waals surface area (Å²) in [4.78, 5) is 15.6. The topological polar surface area (TPSA) is 51.2 Å². The highest BCUT2D eigenvalue weighted by Gasteiger charge is 2.15. The monoisotopic (exact) mass is 234 g/mol. The summed E-state index contributed by atoms with van der Waals surface area (Å²) >= 11 is 0. The minimum Gasteiger partial charge on any atom is -0.462 e. The summed E-state index contributed by atoms with van der Waals surface area (Å²) in [5, 5.41) is 3.41. The molecule has 1 saturated carbocycles. The highest BCUT2D eigenvalue weighted by atomic mass is 16.5. The van der Waals surface area contributed by atoms with Crippen LogP contribution in [0.4, 0.5) is 5.69 Å². The summed E-state index contributed by atoms with van der Waals surface area (Å²) in [5.74, 6) is -0.310. The van der Waals surface area contributed by atoms with Gasteiger partial charge >= 0.3 is 5.97 Å². The largest absolute Gasteiger partial charge is 0.462 e. The molecule has 1 aromatic rings. The number of hydrogen-bond donors (Lipinski definition) is 1. The first kappa shape index (κ1) is 11.9. The number of pyridine rings is 1. The SMILES string of the molecule is CCOC(=O)c1cncc(NC2CCCC2)c1. The summed E-state index contributed by atoms with van der Waals surface area (Å²) in [5.41, 5.74) is 1.41. The zero-order valence-corrected chi connectivity index (χ0v) is 10.1. The van der Waals surface area contributed by atoms with Crippen molar-refractivity contribution in [3.63, 3.8) is 0 Å². The summed E-state index contributed by atoms with van der Waals surface area (Å²) in [6.45, 7) is 2.19. The third-order valence-corrected chi connectivity index (χ3v) is 2.98. The Balaban J connectivity index is 2.02. The Hall–Kier alpha value is -1.58. The van der Waals surface area contributed by atoms with Gasteiger partial charge in [-0.1, -0.05) is 12.8 Å². The van der Waals surface area contributed by atoms with Crippen LogP contribution in [0, 0.1) is 0 Å². The zero-order valence-electron chi connectivity index (χ0n) is 10.1. The molecular weight excluding hydrogens is 216 g/mol. The Morgan fingerprint density at radius 2 is 2.24 bits per heavy atom. The Morgan fingerprint density at radius 3 is 2.94 bits per heavy atom. The van der Waals surface area contributed by atoms with Gasteiger partial charge in [-0.25, -0.2) is 4.79 Å². The second-order valence-electron chi connectivity index (χ2n) is 4.31. The molecule has 1 heterocycles. The number of rotatable bonds is 4. The number of nitrogens with one attached hydrogen (secondary N) is 1. The van der Waals surface area contributed by atoms with Crippen LogP contribution in [-0.2, 0) is 4.74 Å². The number of anilines is 1. The third kappa shape index (κ3) is 3.19. The fourth-order valence-corrected chi connectivity index (χ4v) is 2.15. The molecule has 0 radical (unpaired) electrons. The maximum absolute atomic E-state index is 11.5. The number of hydrogen-bond acceptors (Lipinski definition) is 4. The van der Waals surface area contributed by atoms with Crippen LogP contribution in [-0.4, -0.2) is 23.6 Å².